The summed E-state index contributed by atoms with van der Waals surface area (Å²) in [6.07, 6.45) is -0.771. The molecule has 4 N–H and O–H groups in total. The summed E-state index contributed by atoms with van der Waals surface area (Å²) in [6, 6.07) is 4.93. The number of carbonyl (C=O) groups excluding carboxylic acids is 2. The van der Waals surface area contributed by atoms with E-state index in [0.717, 1.165) is 11.1 Å². The van der Waals surface area contributed by atoms with Crippen molar-refractivity contribution in [1.82, 2.24) is 10.6 Å². The normalized spacial score (nSPS) is 13.2. The number of urea groups is 1. The van der Waals surface area contributed by atoms with Gasteiger partial charge in [-0.25, -0.2) is 4.79 Å². The summed E-state index contributed by atoms with van der Waals surface area (Å²) in [5.74, 6) is 0.0916. The van der Waals surface area contributed by atoms with Crippen LogP contribution in [0.1, 0.15) is 31.0 Å². The lowest BCUT2D eigenvalue weighted by atomic mass is 10.1. The van der Waals surface area contributed by atoms with Gasteiger partial charge < -0.3 is 15.8 Å². The van der Waals surface area contributed by atoms with E-state index in [2.05, 4.69) is 10.6 Å². The van der Waals surface area contributed by atoms with E-state index in [4.69, 9.17) is 10.5 Å². The van der Waals surface area contributed by atoms with E-state index in [0.29, 0.717) is 5.75 Å². The Labute approximate surface area is 118 Å². The smallest absolute Gasteiger partial charge is 0.321 e. The van der Waals surface area contributed by atoms with Crippen LogP contribution in [0.15, 0.2) is 18.2 Å². The number of benzene rings is 1. The van der Waals surface area contributed by atoms with Gasteiger partial charge in [-0.15, -0.1) is 0 Å². The fraction of sp³-hybridized carbons (Fsp3) is 0.429. The molecular weight excluding hydrogens is 258 g/mol. The van der Waals surface area contributed by atoms with Crippen LogP contribution in [0.3, 0.4) is 0 Å². The Morgan fingerprint density at radius 3 is 2.45 bits per heavy atom. The Hall–Kier alpha value is -2.08. The van der Waals surface area contributed by atoms with Gasteiger partial charge in [-0.2, -0.15) is 0 Å². The first-order valence-electron chi connectivity index (χ1n) is 6.40. The molecule has 110 valence electrons. The first-order valence-corrected chi connectivity index (χ1v) is 6.40. The number of nitrogens with two attached hydrogens (primary N) is 1. The number of aryl methyl sites for hydroxylation is 1. The molecule has 0 aliphatic carbocycles. The van der Waals surface area contributed by atoms with Crippen molar-refractivity contribution < 1.29 is 14.3 Å². The molecule has 0 heterocycles. The molecule has 3 amide bonds. The molecule has 0 aliphatic rings. The van der Waals surface area contributed by atoms with Crippen molar-refractivity contribution in [3.63, 3.8) is 0 Å². The van der Waals surface area contributed by atoms with Crippen molar-refractivity contribution in [3.05, 3.63) is 29.3 Å². The molecule has 1 aromatic carbocycles. The van der Waals surface area contributed by atoms with Crippen LogP contribution in [-0.4, -0.2) is 25.1 Å². The lowest BCUT2D eigenvalue weighted by Gasteiger charge is -2.17. The van der Waals surface area contributed by atoms with Gasteiger partial charge >= 0.3 is 6.03 Å². The van der Waals surface area contributed by atoms with Gasteiger partial charge in [0.15, 0.2) is 6.10 Å². The van der Waals surface area contributed by atoms with E-state index in [9.17, 15) is 9.59 Å². The molecule has 1 aromatic rings. The topological polar surface area (TPSA) is 93.5 Å². The largest absolute Gasteiger partial charge is 0.481 e. The minimum Gasteiger partial charge on any atom is -0.481 e. The molecule has 0 spiro atoms. The van der Waals surface area contributed by atoms with Crippen LogP contribution >= 0.6 is 0 Å². The minimum absolute atomic E-state index is 0.0586. The lowest BCUT2D eigenvalue weighted by Crippen LogP contribution is -2.44. The highest BCUT2D eigenvalue weighted by Gasteiger charge is 2.17. The second-order valence-corrected chi connectivity index (χ2v) is 4.64. The van der Waals surface area contributed by atoms with Crippen molar-refractivity contribution in [2.75, 3.05) is 7.05 Å². The molecule has 20 heavy (non-hydrogen) atoms. The second-order valence-electron chi connectivity index (χ2n) is 4.64. The molecule has 0 bridgehead atoms. The molecule has 0 aromatic heterocycles. The number of ether oxygens (including phenoxy) is 1. The van der Waals surface area contributed by atoms with Crippen LogP contribution in [-0.2, 0) is 4.79 Å². The molecule has 0 radical (unpaired) electrons. The van der Waals surface area contributed by atoms with E-state index in [1.807, 2.05) is 26.0 Å². The Bertz CT molecular complexity index is 500. The molecule has 0 saturated carbocycles. The second kappa shape index (κ2) is 6.91. The lowest BCUT2D eigenvalue weighted by molar-refractivity contribution is -0.126. The van der Waals surface area contributed by atoms with E-state index < -0.39 is 18.0 Å². The molecule has 2 atom stereocenters. The highest BCUT2D eigenvalue weighted by molar-refractivity contribution is 5.96. The number of nitrogens with one attached hydrogen (secondary N) is 2. The third-order valence-electron chi connectivity index (χ3n) is 2.86. The zero-order valence-corrected chi connectivity index (χ0v) is 12.2. The summed E-state index contributed by atoms with van der Waals surface area (Å²) in [4.78, 5) is 22.7. The third kappa shape index (κ3) is 4.24. The average molecular weight is 279 g/mol. The number of rotatable bonds is 4. The molecule has 1 rings (SSSR count). The molecule has 0 aliphatic heterocycles. The molecule has 0 saturated heterocycles. The highest BCUT2D eigenvalue weighted by Crippen LogP contribution is 2.22. The standard InChI is InChI=1S/C14H21N3O3/c1-8-7-11(9(2)15)5-6-12(8)20-10(3)13(18)17-14(19)16-4/h5-7,9-10H,15H2,1-4H3,(H2,16,17,18,19)/t9-,10?/m0/s1. The quantitative estimate of drug-likeness (QED) is 0.773. The van der Waals surface area contributed by atoms with Gasteiger partial charge in [0, 0.05) is 13.1 Å². The van der Waals surface area contributed by atoms with Crippen LogP contribution in [0.25, 0.3) is 0 Å². The molecule has 1 unspecified atom stereocenters. The zero-order valence-electron chi connectivity index (χ0n) is 12.2. The van der Waals surface area contributed by atoms with E-state index in [1.165, 1.54) is 7.05 Å². The van der Waals surface area contributed by atoms with Crippen molar-refractivity contribution in [3.8, 4) is 5.75 Å². The van der Waals surface area contributed by atoms with Gasteiger partial charge in [-0.1, -0.05) is 12.1 Å². The number of imide groups is 1. The maximum Gasteiger partial charge on any atom is 0.321 e. The number of hydrogen-bond donors (Lipinski definition) is 3. The number of hydrogen-bond acceptors (Lipinski definition) is 4. The van der Waals surface area contributed by atoms with Gasteiger partial charge in [0.05, 0.1) is 0 Å². The van der Waals surface area contributed by atoms with E-state index in [-0.39, 0.29) is 6.04 Å². The average Bonchev–Trinajstić information content (AvgIpc) is 2.40. The predicted molar refractivity (Wildman–Crippen MR) is 76.5 cm³/mol. The number of carbonyl (C=O) groups is 2. The van der Waals surface area contributed by atoms with Crippen molar-refractivity contribution in [1.29, 1.82) is 0 Å². The maximum absolute atomic E-state index is 11.7. The fourth-order valence-electron chi connectivity index (χ4n) is 1.61. The monoisotopic (exact) mass is 279 g/mol. The van der Waals surface area contributed by atoms with Gasteiger partial charge in [-0.05, 0) is 38.0 Å². The Morgan fingerprint density at radius 2 is 1.95 bits per heavy atom. The Balaban J connectivity index is 2.73. The highest BCUT2D eigenvalue weighted by atomic mass is 16.5. The fourth-order valence-corrected chi connectivity index (χ4v) is 1.61. The van der Waals surface area contributed by atoms with E-state index in [1.54, 1.807) is 13.0 Å². The molecule has 0 fully saturated rings. The van der Waals surface area contributed by atoms with Gasteiger partial charge in [0.25, 0.3) is 5.91 Å². The maximum atomic E-state index is 11.7. The first-order chi connectivity index (χ1) is 9.35. The van der Waals surface area contributed by atoms with Crippen LogP contribution in [0.4, 0.5) is 4.79 Å². The molecule has 6 heteroatoms. The van der Waals surface area contributed by atoms with Crippen LogP contribution in [0.2, 0.25) is 0 Å². The van der Waals surface area contributed by atoms with Crippen molar-refractivity contribution in [2.24, 2.45) is 5.73 Å². The summed E-state index contributed by atoms with van der Waals surface area (Å²) in [5.41, 5.74) is 7.69. The predicted octanol–water partition coefficient (Wildman–Crippen LogP) is 1.24. The first kappa shape index (κ1) is 16.0. The van der Waals surface area contributed by atoms with Crippen molar-refractivity contribution in [2.45, 2.75) is 32.9 Å². The van der Waals surface area contributed by atoms with Crippen LogP contribution < -0.4 is 21.1 Å². The summed E-state index contributed by atoms with van der Waals surface area (Å²) >= 11 is 0. The summed E-state index contributed by atoms with van der Waals surface area (Å²) in [6.45, 7) is 5.36. The van der Waals surface area contributed by atoms with Crippen LogP contribution in [0.5, 0.6) is 5.75 Å². The van der Waals surface area contributed by atoms with Crippen LogP contribution in [0, 0.1) is 6.92 Å². The minimum atomic E-state index is -0.771. The van der Waals surface area contributed by atoms with Crippen molar-refractivity contribution >= 4 is 11.9 Å². The van der Waals surface area contributed by atoms with Gasteiger partial charge in [-0.3, -0.25) is 10.1 Å². The van der Waals surface area contributed by atoms with Gasteiger partial charge in [0.1, 0.15) is 5.75 Å². The summed E-state index contributed by atoms with van der Waals surface area (Å²) in [5, 5.41) is 4.47. The Morgan fingerprint density at radius 1 is 1.30 bits per heavy atom. The number of amides is 3. The Kier molecular flexibility index (Phi) is 5.52. The summed E-state index contributed by atoms with van der Waals surface area (Å²) < 4.78 is 5.55. The third-order valence-corrected chi connectivity index (χ3v) is 2.86. The zero-order chi connectivity index (χ0) is 15.3. The SMILES string of the molecule is CNC(=O)NC(=O)C(C)Oc1ccc([C@H](C)N)cc1C. The van der Waals surface area contributed by atoms with E-state index >= 15 is 0 Å². The van der Waals surface area contributed by atoms with Gasteiger partial charge in [0.2, 0.25) is 0 Å². The summed E-state index contributed by atoms with van der Waals surface area (Å²) in [7, 11) is 1.44. The molecular formula is C14H21N3O3. The molecule has 6 nitrogen and oxygen atoms in total.